The molecule has 1 aliphatic rings. The Morgan fingerprint density at radius 3 is 2.71 bits per heavy atom. The number of hydrogen-bond acceptors (Lipinski definition) is 4. The topological polar surface area (TPSA) is 92.5 Å². The lowest BCUT2D eigenvalue weighted by Gasteiger charge is -2.16. The van der Waals surface area contributed by atoms with Crippen LogP contribution in [-0.4, -0.2) is 24.1 Å². The zero-order valence-electron chi connectivity index (χ0n) is 12.0. The van der Waals surface area contributed by atoms with Crippen LogP contribution in [0.1, 0.15) is 41.6 Å². The first-order chi connectivity index (χ1) is 10.0. The third kappa shape index (κ3) is 3.28. The van der Waals surface area contributed by atoms with E-state index >= 15 is 0 Å². The number of fused-ring (bicyclic) bond motifs is 1. The van der Waals surface area contributed by atoms with Crippen LogP contribution in [0.4, 0.5) is 5.69 Å². The van der Waals surface area contributed by atoms with Gasteiger partial charge in [0, 0.05) is 13.0 Å². The molecule has 1 heterocycles. The number of carbonyl (C=O) groups excluding carboxylic acids is 3. The number of carbonyl (C=O) groups is 3. The minimum absolute atomic E-state index is 0.191. The number of nitrogens with one attached hydrogen (secondary N) is 1. The monoisotopic (exact) mass is 289 g/mol. The number of hydrogen-bond donors (Lipinski definition) is 2. The van der Waals surface area contributed by atoms with Crippen LogP contribution in [-0.2, 0) is 9.59 Å². The van der Waals surface area contributed by atoms with Crippen molar-refractivity contribution in [3.8, 4) is 0 Å². The normalized spacial score (nSPS) is 13.5. The molecule has 0 spiro atoms. The maximum absolute atomic E-state index is 12.0. The van der Waals surface area contributed by atoms with Crippen molar-refractivity contribution in [3.63, 3.8) is 0 Å². The summed E-state index contributed by atoms with van der Waals surface area (Å²) in [5.41, 5.74) is 4.22. The highest BCUT2D eigenvalue weighted by Gasteiger charge is 2.35. The maximum atomic E-state index is 12.0. The summed E-state index contributed by atoms with van der Waals surface area (Å²) in [7, 11) is 0. The van der Waals surface area contributed by atoms with Crippen LogP contribution in [0.2, 0.25) is 0 Å². The standard InChI is InChI=1S/C15H19N3O3/c1-10-6-7-12-11(9-10)14(20)15(21)18(12)8-4-2-3-5-13(19)17-16/h6-7,9H,2-5,8,16H2,1H3,(H,17,19). The molecule has 112 valence electrons. The SMILES string of the molecule is Cc1ccc2c(c1)C(=O)C(=O)N2CCCCCC(=O)NN. The van der Waals surface area contributed by atoms with E-state index in [2.05, 4.69) is 5.43 Å². The molecular formula is C15H19N3O3. The molecule has 0 aliphatic carbocycles. The number of unbranched alkanes of at least 4 members (excludes halogenated alkanes) is 2. The van der Waals surface area contributed by atoms with Gasteiger partial charge in [0.25, 0.3) is 11.7 Å². The Balaban J connectivity index is 1.91. The Labute approximate surface area is 123 Å². The second kappa shape index (κ2) is 6.49. The number of anilines is 1. The molecule has 0 saturated carbocycles. The highest BCUT2D eigenvalue weighted by molar-refractivity contribution is 6.52. The minimum Gasteiger partial charge on any atom is -0.305 e. The second-order valence-corrected chi connectivity index (χ2v) is 5.18. The smallest absolute Gasteiger partial charge is 0.299 e. The van der Waals surface area contributed by atoms with Gasteiger partial charge >= 0.3 is 0 Å². The largest absolute Gasteiger partial charge is 0.305 e. The van der Waals surface area contributed by atoms with Crippen molar-refractivity contribution in [1.82, 2.24) is 5.43 Å². The number of benzene rings is 1. The van der Waals surface area contributed by atoms with Crippen LogP contribution in [0.3, 0.4) is 0 Å². The van der Waals surface area contributed by atoms with Crippen molar-refractivity contribution in [1.29, 1.82) is 0 Å². The summed E-state index contributed by atoms with van der Waals surface area (Å²) < 4.78 is 0. The second-order valence-electron chi connectivity index (χ2n) is 5.18. The average molecular weight is 289 g/mol. The van der Waals surface area contributed by atoms with Gasteiger partial charge in [0.05, 0.1) is 11.3 Å². The van der Waals surface area contributed by atoms with Gasteiger partial charge in [0.2, 0.25) is 5.91 Å². The van der Waals surface area contributed by atoms with Gasteiger partial charge in [0.15, 0.2) is 0 Å². The molecule has 6 nitrogen and oxygen atoms in total. The van der Waals surface area contributed by atoms with E-state index in [-0.39, 0.29) is 5.91 Å². The van der Waals surface area contributed by atoms with Gasteiger partial charge in [-0.05, 0) is 31.9 Å². The summed E-state index contributed by atoms with van der Waals surface area (Å²) in [5.74, 6) is 3.91. The van der Waals surface area contributed by atoms with Crippen LogP contribution in [0.15, 0.2) is 18.2 Å². The number of nitrogens with two attached hydrogens (primary N) is 1. The molecule has 1 aliphatic heterocycles. The number of amides is 2. The zero-order chi connectivity index (χ0) is 15.4. The van der Waals surface area contributed by atoms with Gasteiger partial charge < -0.3 is 4.90 Å². The Bertz CT molecular complexity index is 584. The van der Waals surface area contributed by atoms with Crippen molar-refractivity contribution in [2.45, 2.75) is 32.6 Å². The third-order valence-electron chi connectivity index (χ3n) is 3.57. The van der Waals surface area contributed by atoms with E-state index in [4.69, 9.17) is 5.84 Å². The van der Waals surface area contributed by atoms with Gasteiger partial charge in [-0.3, -0.25) is 19.8 Å². The predicted octanol–water partition coefficient (Wildman–Crippen LogP) is 1.07. The molecule has 3 N–H and O–H groups in total. The van der Waals surface area contributed by atoms with Crippen LogP contribution >= 0.6 is 0 Å². The molecule has 0 aromatic heterocycles. The van der Waals surface area contributed by atoms with Gasteiger partial charge in [-0.1, -0.05) is 18.1 Å². The number of Topliss-reactive ketones (excluding diaryl/α,β-unsaturated/α-hetero) is 1. The molecule has 0 fully saturated rings. The van der Waals surface area contributed by atoms with Crippen LogP contribution < -0.4 is 16.2 Å². The van der Waals surface area contributed by atoms with Crippen molar-refractivity contribution in [2.75, 3.05) is 11.4 Å². The quantitative estimate of drug-likeness (QED) is 0.269. The summed E-state index contributed by atoms with van der Waals surface area (Å²) in [6.45, 7) is 2.38. The van der Waals surface area contributed by atoms with E-state index in [0.717, 1.165) is 18.4 Å². The van der Waals surface area contributed by atoms with Crippen molar-refractivity contribution >= 4 is 23.3 Å². The molecular weight excluding hydrogens is 270 g/mol. The van der Waals surface area contributed by atoms with E-state index in [0.29, 0.717) is 30.6 Å². The summed E-state index contributed by atoms with van der Waals surface area (Å²) in [4.78, 5) is 36.4. The van der Waals surface area contributed by atoms with Crippen molar-refractivity contribution in [3.05, 3.63) is 29.3 Å². The lowest BCUT2D eigenvalue weighted by molar-refractivity contribution is -0.121. The van der Waals surface area contributed by atoms with E-state index in [9.17, 15) is 14.4 Å². The fourth-order valence-electron chi connectivity index (χ4n) is 2.44. The highest BCUT2D eigenvalue weighted by atomic mass is 16.2. The van der Waals surface area contributed by atoms with Gasteiger partial charge in [0.1, 0.15) is 0 Å². The number of nitrogens with zero attached hydrogens (tertiary/aromatic N) is 1. The first-order valence-electron chi connectivity index (χ1n) is 7.01. The van der Waals surface area contributed by atoms with Gasteiger partial charge in [-0.15, -0.1) is 0 Å². The van der Waals surface area contributed by atoms with Crippen LogP contribution in [0.25, 0.3) is 0 Å². The Morgan fingerprint density at radius 2 is 2.00 bits per heavy atom. The van der Waals surface area contributed by atoms with Crippen LogP contribution in [0, 0.1) is 6.92 Å². The number of hydrazine groups is 1. The summed E-state index contributed by atoms with van der Waals surface area (Å²) in [5, 5.41) is 0. The Kier molecular flexibility index (Phi) is 4.70. The number of ketones is 1. The van der Waals surface area contributed by atoms with Gasteiger partial charge in [-0.2, -0.15) is 0 Å². The van der Waals surface area contributed by atoms with Crippen molar-refractivity contribution in [2.24, 2.45) is 5.84 Å². The Hall–Kier alpha value is -2.21. The molecule has 0 unspecified atom stereocenters. The summed E-state index contributed by atoms with van der Waals surface area (Å²) in [6, 6.07) is 5.46. The molecule has 21 heavy (non-hydrogen) atoms. The predicted molar refractivity (Wildman–Crippen MR) is 78.7 cm³/mol. The van der Waals surface area contributed by atoms with E-state index in [1.807, 2.05) is 19.1 Å². The average Bonchev–Trinajstić information content (AvgIpc) is 2.71. The molecule has 2 amide bonds. The van der Waals surface area contributed by atoms with E-state index < -0.39 is 11.7 Å². The lowest BCUT2D eigenvalue weighted by Crippen LogP contribution is -2.31. The molecule has 6 heteroatoms. The number of rotatable bonds is 6. The lowest BCUT2D eigenvalue weighted by atomic mass is 10.1. The zero-order valence-corrected chi connectivity index (χ0v) is 12.0. The highest BCUT2D eigenvalue weighted by Crippen LogP contribution is 2.29. The first kappa shape index (κ1) is 15.2. The maximum Gasteiger partial charge on any atom is 0.299 e. The van der Waals surface area contributed by atoms with Crippen LogP contribution in [0.5, 0.6) is 0 Å². The van der Waals surface area contributed by atoms with E-state index in [1.54, 1.807) is 6.07 Å². The summed E-state index contributed by atoms with van der Waals surface area (Å²) >= 11 is 0. The Morgan fingerprint density at radius 1 is 1.24 bits per heavy atom. The van der Waals surface area contributed by atoms with Gasteiger partial charge in [-0.25, -0.2) is 5.84 Å². The van der Waals surface area contributed by atoms with E-state index in [1.165, 1.54) is 4.90 Å². The summed E-state index contributed by atoms with van der Waals surface area (Å²) in [6.07, 6.45) is 2.62. The third-order valence-corrected chi connectivity index (χ3v) is 3.57. The fraction of sp³-hybridized carbons (Fsp3) is 0.400. The van der Waals surface area contributed by atoms with Crippen molar-refractivity contribution < 1.29 is 14.4 Å². The first-order valence-corrected chi connectivity index (χ1v) is 7.01. The number of aryl methyl sites for hydroxylation is 1. The molecule has 1 aromatic carbocycles. The molecule has 2 rings (SSSR count). The fourth-order valence-corrected chi connectivity index (χ4v) is 2.44. The molecule has 0 saturated heterocycles. The molecule has 0 radical (unpaired) electrons. The molecule has 0 bridgehead atoms. The minimum atomic E-state index is -0.463. The molecule has 1 aromatic rings. The molecule has 0 atom stereocenters.